The molecule has 0 spiro atoms. The summed E-state index contributed by atoms with van der Waals surface area (Å²) in [6.07, 6.45) is 4.37. The number of carbonyl (C=O) groups is 1. The average molecular weight is 182 g/mol. The van der Waals surface area contributed by atoms with E-state index in [0.29, 0.717) is 5.92 Å². The van der Waals surface area contributed by atoms with E-state index in [9.17, 15) is 4.79 Å². The van der Waals surface area contributed by atoms with E-state index in [1.165, 1.54) is 26.4 Å². The fraction of sp³-hybridized carbons (Fsp3) is 0.778. The molecule has 2 fully saturated rings. The summed E-state index contributed by atoms with van der Waals surface area (Å²) in [5.74, 6) is 1.51. The zero-order chi connectivity index (χ0) is 9.26. The highest BCUT2D eigenvalue weighted by molar-refractivity contribution is 5.90. The molecular weight excluding hydrogens is 168 g/mol. The normalized spacial score (nSPS) is 33.8. The van der Waals surface area contributed by atoms with Gasteiger partial charge in [-0.2, -0.15) is 5.10 Å². The minimum atomic E-state index is -0.477. The molecule has 0 heterocycles. The number of nitrogens with one attached hydrogen (secondary N) is 1. The van der Waals surface area contributed by atoms with Gasteiger partial charge in [0.1, 0.15) is 0 Å². The fourth-order valence-electron chi connectivity index (χ4n) is 2.01. The summed E-state index contributed by atoms with van der Waals surface area (Å²) in [5, 5.41) is 4.07. The van der Waals surface area contributed by atoms with Crippen LogP contribution < -0.4 is 5.43 Å². The van der Waals surface area contributed by atoms with Crippen LogP contribution in [0.4, 0.5) is 4.79 Å². The van der Waals surface area contributed by atoms with Crippen LogP contribution >= 0.6 is 0 Å². The van der Waals surface area contributed by atoms with Crippen molar-refractivity contribution in [1.82, 2.24) is 5.43 Å². The summed E-state index contributed by atoms with van der Waals surface area (Å²) < 4.78 is 4.43. The molecule has 0 aliphatic heterocycles. The summed E-state index contributed by atoms with van der Waals surface area (Å²) >= 11 is 0. The van der Waals surface area contributed by atoms with Gasteiger partial charge in [0, 0.05) is 11.6 Å². The first-order valence-corrected chi connectivity index (χ1v) is 4.71. The zero-order valence-corrected chi connectivity index (χ0v) is 7.75. The van der Waals surface area contributed by atoms with Crippen LogP contribution in [0.1, 0.15) is 25.7 Å². The second-order valence-electron chi connectivity index (χ2n) is 3.70. The standard InChI is InChI=1S/C9H14N2O2/c1-13-9(12)11-10-8-4-2-3-6-5-7(6)8/h6-7H,2-5H2,1H3,(H,11,12)/b10-8-/t6-,7+/m0/s1. The van der Waals surface area contributed by atoms with Crippen molar-refractivity contribution in [2.45, 2.75) is 25.7 Å². The van der Waals surface area contributed by atoms with E-state index in [0.717, 1.165) is 18.1 Å². The molecule has 2 rings (SSSR count). The molecule has 13 heavy (non-hydrogen) atoms. The monoisotopic (exact) mass is 182 g/mol. The maximum Gasteiger partial charge on any atom is 0.427 e. The molecule has 0 aromatic carbocycles. The molecule has 1 amide bonds. The predicted molar refractivity (Wildman–Crippen MR) is 48.4 cm³/mol. The second kappa shape index (κ2) is 3.36. The first-order valence-electron chi connectivity index (χ1n) is 4.71. The highest BCUT2D eigenvalue weighted by Crippen LogP contribution is 2.47. The number of hydrazone groups is 1. The Kier molecular flexibility index (Phi) is 2.20. The van der Waals surface area contributed by atoms with Gasteiger partial charge in [0.15, 0.2) is 0 Å². The quantitative estimate of drug-likeness (QED) is 0.625. The molecule has 0 unspecified atom stereocenters. The Hall–Kier alpha value is -1.06. The Morgan fingerprint density at radius 1 is 1.69 bits per heavy atom. The molecule has 1 N–H and O–H groups in total. The van der Waals surface area contributed by atoms with Crippen LogP contribution in [0.25, 0.3) is 0 Å². The topological polar surface area (TPSA) is 50.7 Å². The molecule has 2 saturated carbocycles. The molecule has 0 radical (unpaired) electrons. The lowest BCUT2D eigenvalue weighted by molar-refractivity contribution is 0.171. The third kappa shape index (κ3) is 1.82. The van der Waals surface area contributed by atoms with Gasteiger partial charge in [-0.25, -0.2) is 10.2 Å². The van der Waals surface area contributed by atoms with Crippen LogP contribution in [0, 0.1) is 11.8 Å². The smallest absolute Gasteiger partial charge is 0.427 e. The van der Waals surface area contributed by atoms with Gasteiger partial charge < -0.3 is 4.74 Å². The number of rotatable bonds is 1. The van der Waals surface area contributed by atoms with Crippen LogP contribution in [-0.4, -0.2) is 18.9 Å². The van der Waals surface area contributed by atoms with E-state index >= 15 is 0 Å². The van der Waals surface area contributed by atoms with Crippen molar-refractivity contribution >= 4 is 11.8 Å². The molecule has 0 bridgehead atoms. The van der Waals surface area contributed by atoms with Gasteiger partial charge in [-0.05, 0) is 31.6 Å². The molecule has 2 atom stereocenters. The Labute approximate surface area is 77.3 Å². The molecule has 72 valence electrons. The largest absolute Gasteiger partial charge is 0.452 e. The van der Waals surface area contributed by atoms with Gasteiger partial charge in [0.05, 0.1) is 7.11 Å². The lowest BCUT2D eigenvalue weighted by Crippen LogP contribution is -2.21. The minimum absolute atomic E-state index is 0.477. The number of methoxy groups -OCH3 is 1. The van der Waals surface area contributed by atoms with Crippen molar-refractivity contribution < 1.29 is 9.53 Å². The van der Waals surface area contributed by atoms with Crippen LogP contribution in [0.3, 0.4) is 0 Å². The number of carbonyl (C=O) groups excluding carboxylic acids is 1. The second-order valence-corrected chi connectivity index (χ2v) is 3.70. The molecule has 0 aromatic rings. The van der Waals surface area contributed by atoms with Crippen LogP contribution in [-0.2, 0) is 4.74 Å². The van der Waals surface area contributed by atoms with Gasteiger partial charge in [-0.15, -0.1) is 0 Å². The van der Waals surface area contributed by atoms with E-state index in [4.69, 9.17) is 0 Å². The summed E-state index contributed by atoms with van der Waals surface area (Å²) in [6.45, 7) is 0. The van der Waals surface area contributed by atoms with E-state index < -0.39 is 6.09 Å². The third-order valence-electron chi connectivity index (χ3n) is 2.83. The molecule has 0 aromatic heterocycles. The fourth-order valence-corrected chi connectivity index (χ4v) is 2.01. The lowest BCUT2D eigenvalue weighted by atomic mass is 9.99. The van der Waals surface area contributed by atoms with Gasteiger partial charge in [0.25, 0.3) is 0 Å². The Morgan fingerprint density at radius 2 is 2.54 bits per heavy atom. The summed E-state index contributed by atoms with van der Waals surface area (Å²) in [7, 11) is 1.34. The first kappa shape index (κ1) is 8.53. The van der Waals surface area contributed by atoms with Gasteiger partial charge in [-0.3, -0.25) is 0 Å². The number of fused-ring (bicyclic) bond motifs is 1. The Bertz CT molecular complexity index is 250. The molecular formula is C9H14N2O2. The Balaban J connectivity index is 1.88. The van der Waals surface area contributed by atoms with Crippen LogP contribution in [0.2, 0.25) is 0 Å². The molecule has 0 saturated heterocycles. The maximum absolute atomic E-state index is 10.7. The number of ether oxygens (including phenoxy) is 1. The van der Waals surface area contributed by atoms with E-state index in [2.05, 4.69) is 15.3 Å². The predicted octanol–water partition coefficient (Wildman–Crippen LogP) is 1.52. The third-order valence-corrected chi connectivity index (χ3v) is 2.83. The number of nitrogens with zero attached hydrogens (tertiary/aromatic N) is 1. The number of hydrogen-bond acceptors (Lipinski definition) is 3. The van der Waals surface area contributed by atoms with Crippen molar-refractivity contribution in [2.24, 2.45) is 16.9 Å². The van der Waals surface area contributed by atoms with Gasteiger partial charge >= 0.3 is 6.09 Å². The number of amides is 1. The van der Waals surface area contributed by atoms with Crippen molar-refractivity contribution in [2.75, 3.05) is 7.11 Å². The highest BCUT2D eigenvalue weighted by atomic mass is 16.5. The Morgan fingerprint density at radius 3 is 3.31 bits per heavy atom. The lowest BCUT2D eigenvalue weighted by Gasteiger charge is -2.10. The summed E-state index contributed by atoms with van der Waals surface area (Å²) in [4.78, 5) is 10.7. The SMILES string of the molecule is COC(=O)N/N=C1/CCC[C@H]2C[C@@H]12. The van der Waals surface area contributed by atoms with Gasteiger partial charge in [0.2, 0.25) is 0 Å². The summed E-state index contributed by atoms with van der Waals surface area (Å²) in [6, 6.07) is 0. The van der Waals surface area contributed by atoms with E-state index in [-0.39, 0.29) is 0 Å². The average Bonchev–Trinajstić information content (AvgIpc) is 2.92. The molecule has 4 nitrogen and oxygen atoms in total. The van der Waals surface area contributed by atoms with Crippen molar-refractivity contribution in [3.63, 3.8) is 0 Å². The van der Waals surface area contributed by atoms with Crippen molar-refractivity contribution in [1.29, 1.82) is 0 Å². The first-order chi connectivity index (χ1) is 6.31. The van der Waals surface area contributed by atoms with E-state index in [1.54, 1.807) is 0 Å². The molecule has 2 aliphatic rings. The molecule has 4 heteroatoms. The van der Waals surface area contributed by atoms with Crippen LogP contribution in [0.5, 0.6) is 0 Å². The van der Waals surface area contributed by atoms with Crippen molar-refractivity contribution in [3.05, 3.63) is 0 Å². The molecule has 2 aliphatic carbocycles. The van der Waals surface area contributed by atoms with E-state index in [1.807, 2.05) is 0 Å². The zero-order valence-electron chi connectivity index (χ0n) is 7.75. The maximum atomic E-state index is 10.7. The summed E-state index contributed by atoms with van der Waals surface area (Å²) in [5.41, 5.74) is 3.54. The van der Waals surface area contributed by atoms with Crippen molar-refractivity contribution in [3.8, 4) is 0 Å². The highest BCUT2D eigenvalue weighted by Gasteiger charge is 2.43. The van der Waals surface area contributed by atoms with Gasteiger partial charge in [-0.1, -0.05) is 0 Å². The minimum Gasteiger partial charge on any atom is -0.452 e. The number of hydrogen-bond donors (Lipinski definition) is 1. The van der Waals surface area contributed by atoms with Crippen LogP contribution in [0.15, 0.2) is 5.10 Å².